The number of hydrogen-bond acceptors (Lipinski definition) is 5. The fourth-order valence-electron chi connectivity index (χ4n) is 3.54. The summed E-state index contributed by atoms with van der Waals surface area (Å²) in [6.45, 7) is 0.411. The number of piperidine rings is 1. The molecule has 2 aromatic carbocycles. The predicted octanol–water partition coefficient (Wildman–Crippen LogP) is 3.85. The number of Topliss-reactive ketones (excluding diaryl/α,β-unsaturated/α-hetero) is 1. The summed E-state index contributed by atoms with van der Waals surface area (Å²) in [5.41, 5.74) is 1.01. The maximum Gasteiger partial charge on any atom is 0.309 e. The highest BCUT2D eigenvalue weighted by atomic mass is 19.1. The van der Waals surface area contributed by atoms with Gasteiger partial charge in [-0.15, -0.1) is 0 Å². The Morgan fingerprint density at radius 3 is 2.43 bits per heavy atom. The third-order valence-electron chi connectivity index (χ3n) is 5.25. The monoisotopic (exact) mass is 409 g/mol. The first-order valence-electron chi connectivity index (χ1n) is 9.74. The number of likely N-dealkylation sites (tertiary alicyclic amines) is 1. The molecule has 1 aliphatic rings. The molecule has 1 saturated heterocycles. The number of rotatable bonds is 5. The van der Waals surface area contributed by atoms with Crippen molar-refractivity contribution in [3.63, 3.8) is 0 Å². The zero-order valence-corrected chi connectivity index (χ0v) is 16.2. The SMILES string of the molecule is O=C(COC(=O)C1CCN(C(=O)c2ccc(F)cc2)CC1)c1cc2ccccc2o1. The van der Waals surface area contributed by atoms with Crippen LogP contribution in [0.2, 0.25) is 0 Å². The number of esters is 1. The summed E-state index contributed by atoms with van der Waals surface area (Å²) in [5.74, 6) is -1.65. The molecule has 7 heteroatoms. The van der Waals surface area contributed by atoms with Crippen molar-refractivity contribution in [2.24, 2.45) is 5.92 Å². The molecule has 0 atom stereocenters. The minimum absolute atomic E-state index is 0.156. The number of carbonyl (C=O) groups is 3. The van der Waals surface area contributed by atoms with Crippen molar-refractivity contribution in [2.45, 2.75) is 12.8 Å². The average molecular weight is 409 g/mol. The number of furan rings is 1. The first kappa shape index (κ1) is 19.8. The Hall–Kier alpha value is -3.48. The fraction of sp³-hybridized carbons (Fsp3) is 0.261. The summed E-state index contributed by atoms with van der Waals surface area (Å²) in [4.78, 5) is 38.7. The number of nitrogens with zero attached hydrogens (tertiary/aromatic N) is 1. The lowest BCUT2D eigenvalue weighted by Crippen LogP contribution is -2.40. The van der Waals surface area contributed by atoms with Gasteiger partial charge in [-0.2, -0.15) is 0 Å². The zero-order chi connectivity index (χ0) is 21.1. The quantitative estimate of drug-likeness (QED) is 0.473. The molecule has 2 heterocycles. The van der Waals surface area contributed by atoms with Crippen LogP contribution in [0, 0.1) is 11.7 Å². The topological polar surface area (TPSA) is 76.8 Å². The maximum atomic E-state index is 13.0. The number of amides is 1. The molecule has 1 aliphatic heterocycles. The molecule has 4 rings (SSSR count). The van der Waals surface area contributed by atoms with E-state index in [2.05, 4.69) is 0 Å². The molecule has 0 aliphatic carbocycles. The van der Waals surface area contributed by atoms with Gasteiger partial charge in [0, 0.05) is 24.0 Å². The van der Waals surface area contributed by atoms with E-state index in [4.69, 9.17) is 9.15 Å². The zero-order valence-electron chi connectivity index (χ0n) is 16.2. The number of hydrogen-bond donors (Lipinski definition) is 0. The molecule has 0 radical (unpaired) electrons. The molecular formula is C23H20FNO5. The van der Waals surface area contributed by atoms with Gasteiger partial charge in [0.2, 0.25) is 5.78 Å². The maximum absolute atomic E-state index is 13.0. The Balaban J connectivity index is 1.27. The van der Waals surface area contributed by atoms with Gasteiger partial charge in [-0.05, 0) is 49.2 Å². The number of carbonyl (C=O) groups excluding carboxylic acids is 3. The van der Waals surface area contributed by atoms with E-state index in [-0.39, 0.29) is 24.2 Å². The summed E-state index contributed by atoms with van der Waals surface area (Å²) in [5, 5.41) is 0.811. The van der Waals surface area contributed by atoms with E-state index in [1.165, 1.54) is 24.3 Å². The number of benzene rings is 2. The normalized spacial score (nSPS) is 14.6. The second-order valence-electron chi connectivity index (χ2n) is 7.25. The van der Waals surface area contributed by atoms with Crippen LogP contribution >= 0.6 is 0 Å². The number of ether oxygens (including phenoxy) is 1. The van der Waals surface area contributed by atoms with Gasteiger partial charge in [0.1, 0.15) is 11.4 Å². The number of para-hydroxylation sites is 1. The fourth-order valence-corrected chi connectivity index (χ4v) is 3.54. The van der Waals surface area contributed by atoms with Crippen LogP contribution in [-0.4, -0.2) is 42.3 Å². The number of halogens is 1. The lowest BCUT2D eigenvalue weighted by molar-refractivity contribution is -0.148. The average Bonchev–Trinajstić information content (AvgIpc) is 3.22. The van der Waals surface area contributed by atoms with Gasteiger partial charge < -0.3 is 14.1 Å². The number of ketones is 1. The standard InChI is InChI=1S/C23H20FNO5/c24-18-7-5-15(6-8-18)22(27)25-11-9-16(10-12-25)23(28)29-14-19(26)21-13-17-3-1-2-4-20(17)30-21/h1-8,13,16H,9-12,14H2. The van der Waals surface area contributed by atoms with E-state index >= 15 is 0 Å². The van der Waals surface area contributed by atoms with E-state index in [0.29, 0.717) is 37.1 Å². The largest absolute Gasteiger partial charge is 0.457 e. The lowest BCUT2D eigenvalue weighted by atomic mass is 9.96. The van der Waals surface area contributed by atoms with Crippen LogP contribution in [0.4, 0.5) is 4.39 Å². The van der Waals surface area contributed by atoms with Gasteiger partial charge in [0.05, 0.1) is 5.92 Å². The lowest BCUT2D eigenvalue weighted by Gasteiger charge is -2.31. The first-order chi connectivity index (χ1) is 14.5. The molecule has 30 heavy (non-hydrogen) atoms. The molecule has 0 saturated carbocycles. The third kappa shape index (κ3) is 4.25. The highest BCUT2D eigenvalue weighted by molar-refractivity contribution is 5.99. The van der Waals surface area contributed by atoms with Crippen molar-refractivity contribution in [1.29, 1.82) is 0 Å². The second-order valence-corrected chi connectivity index (χ2v) is 7.25. The summed E-state index contributed by atoms with van der Waals surface area (Å²) >= 11 is 0. The molecule has 1 amide bonds. The van der Waals surface area contributed by atoms with Crippen LogP contribution in [0.15, 0.2) is 59.0 Å². The molecule has 0 unspecified atom stereocenters. The molecule has 3 aromatic rings. The summed E-state index contributed by atoms with van der Waals surface area (Å²) < 4.78 is 23.7. The minimum Gasteiger partial charge on any atom is -0.457 e. The minimum atomic E-state index is -0.451. The van der Waals surface area contributed by atoms with Crippen molar-refractivity contribution in [1.82, 2.24) is 4.90 Å². The van der Waals surface area contributed by atoms with E-state index < -0.39 is 17.6 Å². The molecule has 1 aromatic heterocycles. The van der Waals surface area contributed by atoms with Crippen LogP contribution in [0.25, 0.3) is 11.0 Å². The third-order valence-corrected chi connectivity index (χ3v) is 5.25. The van der Waals surface area contributed by atoms with E-state index in [0.717, 1.165) is 5.39 Å². The van der Waals surface area contributed by atoms with Crippen LogP contribution in [0.1, 0.15) is 33.8 Å². The van der Waals surface area contributed by atoms with Crippen molar-refractivity contribution >= 4 is 28.6 Å². The Morgan fingerprint density at radius 2 is 1.73 bits per heavy atom. The van der Waals surface area contributed by atoms with Crippen molar-refractivity contribution < 1.29 is 27.9 Å². The highest BCUT2D eigenvalue weighted by Gasteiger charge is 2.29. The molecule has 1 fully saturated rings. The molecule has 0 spiro atoms. The van der Waals surface area contributed by atoms with E-state index in [1.54, 1.807) is 17.0 Å². The van der Waals surface area contributed by atoms with Gasteiger partial charge in [-0.1, -0.05) is 18.2 Å². The van der Waals surface area contributed by atoms with E-state index in [9.17, 15) is 18.8 Å². The van der Waals surface area contributed by atoms with E-state index in [1.807, 2.05) is 18.2 Å². The highest BCUT2D eigenvalue weighted by Crippen LogP contribution is 2.22. The van der Waals surface area contributed by atoms with Crippen molar-refractivity contribution in [2.75, 3.05) is 19.7 Å². The molecule has 0 N–H and O–H groups in total. The molecule has 6 nitrogen and oxygen atoms in total. The Labute approximate surface area is 172 Å². The number of fused-ring (bicyclic) bond motifs is 1. The molecule has 0 bridgehead atoms. The molecular weight excluding hydrogens is 389 g/mol. The molecule has 154 valence electrons. The van der Waals surface area contributed by atoms with Gasteiger partial charge in [-0.3, -0.25) is 14.4 Å². The Kier molecular flexibility index (Phi) is 5.61. The summed E-state index contributed by atoms with van der Waals surface area (Å²) in [6, 6.07) is 14.3. The Morgan fingerprint density at radius 1 is 1.03 bits per heavy atom. The van der Waals surface area contributed by atoms with Crippen LogP contribution in [0.3, 0.4) is 0 Å². The van der Waals surface area contributed by atoms with Gasteiger partial charge in [-0.25, -0.2) is 4.39 Å². The van der Waals surface area contributed by atoms with Crippen LogP contribution < -0.4 is 0 Å². The first-order valence-corrected chi connectivity index (χ1v) is 9.74. The van der Waals surface area contributed by atoms with Crippen molar-refractivity contribution in [3.05, 3.63) is 71.7 Å². The summed E-state index contributed by atoms with van der Waals surface area (Å²) in [7, 11) is 0. The van der Waals surface area contributed by atoms with Gasteiger partial charge in [0.25, 0.3) is 5.91 Å². The predicted molar refractivity (Wildman–Crippen MR) is 107 cm³/mol. The van der Waals surface area contributed by atoms with Gasteiger partial charge >= 0.3 is 5.97 Å². The van der Waals surface area contributed by atoms with Crippen molar-refractivity contribution in [3.8, 4) is 0 Å². The Bertz CT molecular complexity index is 1050. The van der Waals surface area contributed by atoms with Gasteiger partial charge in [0.15, 0.2) is 12.4 Å². The van der Waals surface area contributed by atoms with Crippen LogP contribution in [0.5, 0.6) is 0 Å². The van der Waals surface area contributed by atoms with Crippen LogP contribution in [-0.2, 0) is 9.53 Å². The second kappa shape index (κ2) is 8.49. The summed E-state index contributed by atoms with van der Waals surface area (Å²) in [6.07, 6.45) is 0.898. The smallest absolute Gasteiger partial charge is 0.309 e.